The van der Waals surface area contributed by atoms with Gasteiger partial charge in [0.2, 0.25) is 0 Å². The lowest BCUT2D eigenvalue weighted by molar-refractivity contribution is -0.138. The summed E-state index contributed by atoms with van der Waals surface area (Å²) in [6, 6.07) is 25.8. The van der Waals surface area contributed by atoms with Crippen LogP contribution in [0.4, 0.5) is 49.4 Å². The number of benzene rings is 5. The number of carbonyl (C=O) groups excluding carboxylic acids is 2. The molecule has 1 aromatic heterocycles. The third-order valence-electron chi connectivity index (χ3n) is 8.61. The standard InChI is InChI=1S/C38H20F6N4O2/c39-37(40,41)22-10-14-24(15-11-22)47-31(20-19-28-33(49)27-18-9-21-5-1-2-6-26(21)32(27)34(28)50)48(25-16-12-23(13-17-25)38(42,43)44)36-35(47)45-29-7-3-4-8-30(29)46-36/h1-20H/b28-19+. The van der Waals surface area contributed by atoms with Crippen molar-refractivity contribution in [3.05, 3.63) is 155 Å². The molecule has 8 rings (SSSR count). The normalized spacial score (nSPS) is 15.4. The molecule has 6 aromatic rings. The topological polar surface area (TPSA) is 66.4 Å². The molecule has 0 radical (unpaired) electrons. The van der Waals surface area contributed by atoms with Crippen LogP contribution < -0.4 is 9.80 Å². The Labute approximate surface area is 279 Å². The van der Waals surface area contributed by atoms with Crippen molar-refractivity contribution in [3.63, 3.8) is 0 Å². The first-order valence-corrected chi connectivity index (χ1v) is 15.1. The Kier molecular flexibility index (Phi) is 6.90. The van der Waals surface area contributed by atoms with Gasteiger partial charge in [0.1, 0.15) is 5.82 Å². The summed E-state index contributed by atoms with van der Waals surface area (Å²) in [5.41, 5.74) is -0.178. The Morgan fingerprint density at radius 3 is 1.56 bits per heavy atom. The van der Waals surface area contributed by atoms with E-state index in [1.165, 1.54) is 46.2 Å². The summed E-state index contributed by atoms with van der Waals surface area (Å²) < 4.78 is 81.3. The minimum atomic E-state index is -4.62. The van der Waals surface area contributed by atoms with Gasteiger partial charge < -0.3 is 0 Å². The Bertz CT molecular complexity index is 2340. The van der Waals surface area contributed by atoms with E-state index in [1.807, 2.05) is 12.1 Å². The van der Waals surface area contributed by atoms with Crippen LogP contribution in [0, 0.1) is 0 Å². The van der Waals surface area contributed by atoms with Gasteiger partial charge in [-0.3, -0.25) is 19.4 Å². The molecule has 0 amide bonds. The van der Waals surface area contributed by atoms with E-state index in [9.17, 15) is 35.9 Å². The van der Waals surface area contributed by atoms with Crippen LogP contribution in [0.15, 0.2) is 133 Å². The number of para-hydroxylation sites is 2. The molecule has 1 aliphatic heterocycles. The molecule has 2 heterocycles. The molecule has 0 fully saturated rings. The van der Waals surface area contributed by atoms with Crippen LogP contribution in [0.2, 0.25) is 0 Å². The third kappa shape index (κ3) is 4.99. The molecule has 6 nitrogen and oxygen atoms in total. The molecule has 0 unspecified atom stereocenters. The van der Waals surface area contributed by atoms with Gasteiger partial charge in [0.25, 0.3) is 0 Å². The van der Waals surface area contributed by atoms with Crippen molar-refractivity contribution >= 4 is 56.4 Å². The molecule has 0 spiro atoms. The number of anilines is 4. The summed E-state index contributed by atoms with van der Waals surface area (Å²) in [7, 11) is 0. The summed E-state index contributed by atoms with van der Waals surface area (Å²) in [6.45, 7) is 0. The van der Waals surface area contributed by atoms with Crippen molar-refractivity contribution in [2.75, 3.05) is 9.80 Å². The van der Waals surface area contributed by atoms with Gasteiger partial charge in [-0.2, -0.15) is 26.3 Å². The molecule has 12 heteroatoms. The van der Waals surface area contributed by atoms with Gasteiger partial charge in [-0.1, -0.05) is 42.5 Å². The highest BCUT2D eigenvalue weighted by atomic mass is 19.4. The number of carbonyl (C=O) groups is 2. The van der Waals surface area contributed by atoms with Crippen LogP contribution in [0.5, 0.6) is 0 Å². The molecule has 0 saturated heterocycles. The zero-order valence-electron chi connectivity index (χ0n) is 25.4. The first-order chi connectivity index (χ1) is 23.9. The molecule has 2 aliphatic rings. The van der Waals surface area contributed by atoms with Crippen molar-refractivity contribution in [1.82, 2.24) is 9.97 Å². The van der Waals surface area contributed by atoms with E-state index in [-0.39, 0.29) is 45.5 Å². The second-order valence-electron chi connectivity index (χ2n) is 11.6. The average molecular weight is 679 g/mol. The molecule has 246 valence electrons. The molecular weight excluding hydrogens is 658 g/mol. The van der Waals surface area contributed by atoms with Gasteiger partial charge in [0.15, 0.2) is 23.2 Å². The van der Waals surface area contributed by atoms with E-state index >= 15 is 0 Å². The quantitative estimate of drug-likeness (QED) is 0.106. The smallest absolute Gasteiger partial charge is 0.288 e. The maximum absolute atomic E-state index is 13.8. The van der Waals surface area contributed by atoms with Crippen molar-refractivity contribution in [3.8, 4) is 0 Å². The molecule has 5 aromatic carbocycles. The van der Waals surface area contributed by atoms with Crippen LogP contribution in [-0.2, 0) is 12.4 Å². The van der Waals surface area contributed by atoms with Crippen molar-refractivity contribution in [2.45, 2.75) is 12.4 Å². The van der Waals surface area contributed by atoms with Gasteiger partial charge in [-0.25, -0.2) is 9.97 Å². The van der Waals surface area contributed by atoms with E-state index in [1.54, 1.807) is 48.5 Å². The number of ketones is 2. The predicted molar refractivity (Wildman–Crippen MR) is 175 cm³/mol. The largest absolute Gasteiger partial charge is 0.416 e. The van der Waals surface area contributed by atoms with Crippen LogP contribution >= 0.6 is 0 Å². The Hall–Kier alpha value is -6.30. The third-order valence-corrected chi connectivity index (χ3v) is 8.61. The fourth-order valence-corrected chi connectivity index (χ4v) is 6.25. The van der Waals surface area contributed by atoms with Crippen LogP contribution in [0.25, 0.3) is 21.8 Å². The highest BCUT2D eigenvalue weighted by molar-refractivity contribution is 6.42. The second-order valence-corrected chi connectivity index (χ2v) is 11.6. The Morgan fingerprint density at radius 2 is 1.04 bits per heavy atom. The van der Waals surface area contributed by atoms with Gasteiger partial charge >= 0.3 is 12.4 Å². The molecule has 50 heavy (non-hydrogen) atoms. The number of nitrogens with zero attached hydrogens (tertiary/aromatic N) is 4. The minimum absolute atomic E-state index is 0.142. The molecular formula is C38H20F6N4O2. The minimum Gasteiger partial charge on any atom is -0.288 e. The monoisotopic (exact) mass is 678 g/mol. The predicted octanol–water partition coefficient (Wildman–Crippen LogP) is 9.96. The van der Waals surface area contributed by atoms with Crippen molar-refractivity contribution < 1.29 is 35.9 Å². The summed E-state index contributed by atoms with van der Waals surface area (Å²) in [6.07, 6.45) is -6.50. The zero-order chi connectivity index (χ0) is 34.9. The number of allylic oxidation sites excluding steroid dienone is 3. The first kappa shape index (κ1) is 31.0. The van der Waals surface area contributed by atoms with E-state index in [2.05, 4.69) is 0 Å². The van der Waals surface area contributed by atoms with Crippen LogP contribution in [-0.4, -0.2) is 21.5 Å². The molecule has 1 aliphatic carbocycles. The van der Waals surface area contributed by atoms with Gasteiger partial charge in [0, 0.05) is 22.5 Å². The van der Waals surface area contributed by atoms with Gasteiger partial charge in [0.05, 0.1) is 27.7 Å². The Morgan fingerprint density at radius 1 is 0.540 bits per heavy atom. The number of alkyl halides is 6. The zero-order valence-corrected chi connectivity index (χ0v) is 25.4. The lowest BCUT2D eigenvalue weighted by atomic mass is 10.0. The van der Waals surface area contributed by atoms with E-state index in [0.29, 0.717) is 16.4 Å². The fourth-order valence-electron chi connectivity index (χ4n) is 6.25. The number of hydrogen-bond donors (Lipinski definition) is 0. The molecule has 0 N–H and O–H groups in total. The first-order valence-electron chi connectivity index (χ1n) is 15.1. The number of hydrogen-bond acceptors (Lipinski definition) is 6. The summed E-state index contributed by atoms with van der Waals surface area (Å²) >= 11 is 0. The molecule has 0 bridgehead atoms. The summed E-state index contributed by atoms with van der Waals surface area (Å²) in [5, 5.41) is 1.37. The molecule has 0 saturated carbocycles. The number of rotatable bonds is 3. The SMILES string of the molecule is O=C1/C(=C\C=C2N(c3ccc(C(F)(F)F)cc3)c3nc4ccccc4nc3N2c2ccc(C(F)(F)F)cc2)C(=O)c2c1ccc1ccccc21. The second kappa shape index (κ2) is 11.1. The number of fused-ring (bicyclic) bond motifs is 5. The van der Waals surface area contributed by atoms with E-state index < -0.39 is 35.0 Å². The van der Waals surface area contributed by atoms with Crippen molar-refractivity contribution in [2.24, 2.45) is 0 Å². The maximum Gasteiger partial charge on any atom is 0.416 e. The highest BCUT2D eigenvalue weighted by Crippen LogP contribution is 2.49. The van der Waals surface area contributed by atoms with Crippen LogP contribution in [0.3, 0.4) is 0 Å². The van der Waals surface area contributed by atoms with E-state index in [0.717, 1.165) is 29.7 Å². The number of halogens is 6. The summed E-state index contributed by atoms with van der Waals surface area (Å²) in [4.78, 5) is 39.9. The lowest BCUT2D eigenvalue weighted by Gasteiger charge is -2.25. The average Bonchev–Trinajstić information content (AvgIpc) is 3.54. The highest BCUT2D eigenvalue weighted by Gasteiger charge is 2.39. The number of aromatic nitrogens is 2. The maximum atomic E-state index is 13.8. The fraction of sp³-hybridized carbons (Fsp3) is 0.0526. The van der Waals surface area contributed by atoms with Gasteiger partial charge in [-0.05, 0) is 89.7 Å². The Balaban J connectivity index is 1.35. The van der Waals surface area contributed by atoms with Crippen LogP contribution in [0.1, 0.15) is 31.8 Å². The van der Waals surface area contributed by atoms with Crippen molar-refractivity contribution in [1.29, 1.82) is 0 Å². The summed E-state index contributed by atoms with van der Waals surface area (Å²) in [5.74, 6) is -0.577. The lowest BCUT2D eigenvalue weighted by Crippen LogP contribution is -2.22. The molecule has 0 atom stereocenters. The van der Waals surface area contributed by atoms with E-state index in [4.69, 9.17) is 9.97 Å². The van der Waals surface area contributed by atoms with Gasteiger partial charge in [-0.15, -0.1) is 0 Å². The number of Topliss-reactive ketones (excluding diaryl/α,β-unsaturated/α-hetero) is 2.